The second-order valence-corrected chi connectivity index (χ2v) is 6.05. The quantitative estimate of drug-likeness (QED) is 0.814. The Morgan fingerprint density at radius 2 is 2.05 bits per heavy atom. The highest BCUT2D eigenvalue weighted by molar-refractivity contribution is 5.76. The fourth-order valence-corrected chi connectivity index (χ4v) is 2.43. The maximum Gasteiger partial charge on any atom is 0.244 e. The Kier molecular flexibility index (Phi) is 4.75. The predicted molar refractivity (Wildman–Crippen MR) is 77.0 cm³/mol. The smallest absolute Gasteiger partial charge is 0.244 e. The van der Waals surface area contributed by atoms with Gasteiger partial charge in [-0.1, -0.05) is 5.21 Å². The maximum absolute atomic E-state index is 12.3. The molecule has 1 aromatic rings. The molecule has 1 aliphatic rings. The normalized spacial score (nSPS) is 15.1. The molecule has 0 aliphatic heterocycles. The van der Waals surface area contributed by atoms with Crippen LogP contribution in [0.2, 0.25) is 0 Å². The summed E-state index contributed by atoms with van der Waals surface area (Å²) in [6, 6.07) is 1.04. The van der Waals surface area contributed by atoms with Gasteiger partial charge in [-0.3, -0.25) is 4.79 Å². The Balaban J connectivity index is 1.89. The Labute approximate surface area is 120 Å². The highest BCUT2D eigenvalue weighted by atomic mass is 16.2. The molecule has 1 aromatic heterocycles. The number of carbonyl (C=O) groups excluding carboxylic acids is 1. The van der Waals surface area contributed by atoms with Crippen LogP contribution in [-0.4, -0.2) is 43.9 Å². The van der Waals surface area contributed by atoms with Crippen molar-refractivity contribution in [1.29, 1.82) is 0 Å². The number of carbonyl (C=O) groups is 1. The zero-order valence-corrected chi connectivity index (χ0v) is 12.8. The monoisotopic (exact) mass is 279 g/mol. The van der Waals surface area contributed by atoms with Crippen molar-refractivity contribution in [2.45, 2.75) is 71.8 Å². The van der Waals surface area contributed by atoms with Gasteiger partial charge in [0.05, 0.1) is 11.9 Å². The van der Waals surface area contributed by atoms with Crippen molar-refractivity contribution in [3.05, 3.63) is 11.9 Å². The third-order valence-corrected chi connectivity index (χ3v) is 3.43. The van der Waals surface area contributed by atoms with Gasteiger partial charge in [0.25, 0.3) is 0 Å². The van der Waals surface area contributed by atoms with Crippen LogP contribution in [0.1, 0.15) is 46.2 Å². The van der Waals surface area contributed by atoms with Gasteiger partial charge in [0.2, 0.25) is 5.91 Å². The zero-order valence-electron chi connectivity index (χ0n) is 12.8. The molecule has 112 valence electrons. The van der Waals surface area contributed by atoms with E-state index in [1.54, 1.807) is 4.68 Å². The lowest BCUT2D eigenvalue weighted by Gasteiger charge is -2.30. The molecular formula is C14H25N5O. The first-order chi connectivity index (χ1) is 9.47. The number of nitrogens with one attached hydrogen (secondary N) is 1. The summed E-state index contributed by atoms with van der Waals surface area (Å²) in [6.07, 6.45) is 4.36. The molecule has 20 heavy (non-hydrogen) atoms. The minimum absolute atomic E-state index is 0.0848. The van der Waals surface area contributed by atoms with Crippen LogP contribution in [0.15, 0.2) is 6.20 Å². The molecule has 0 aromatic carbocycles. The van der Waals surface area contributed by atoms with Crippen molar-refractivity contribution in [2.24, 2.45) is 0 Å². The van der Waals surface area contributed by atoms with Crippen LogP contribution < -0.4 is 5.32 Å². The van der Waals surface area contributed by atoms with Crippen LogP contribution in [0.4, 0.5) is 0 Å². The number of hydrogen-bond acceptors (Lipinski definition) is 4. The van der Waals surface area contributed by atoms with Crippen LogP contribution in [0.5, 0.6) is 0 Å². The molecule has 0 spiro atoms. The fraction of sp³-hybridized carbons (Fsp3) is 0.786. The van der Waals surface area contributed by atoms with Crippen molar-refractivity contribution in [2.75, 3.05) is 0 Å². The minimum Gasteiger partial charge on any atom is -0.336 e. The third kappa shape index (κ3) is 4.03. The van der Waals surface area contributed by atoms with Crippen molar-refractivity contribution >= 4 is 5.91 Å². The Morgan fingerprint density at radius 1 is 1.40 bits per heavy atom. The molecule has 6 nitrogen and oxygen atoms in total. The first kappa shape index (κ1) is 15.0. The molecule has 0 atom stereocenters. The third-order valence-electron chi connectivity index (χ3n) is 3.43. The van der Waals surface area contributed by atoms with Gasteiger partial charge in [-0.05, 0) is 40.5 Å². The van der Waals surface area contributed by atoms with E-state index in [-0.39, 0.29) is 24.5 Å². The van der Waals surface area contributed by atoms with Crippen molar-refractivity contribution in [3.8, 4) is 0 Å². The lowest BCUT2D eigenvalue weighted by molar-refractivity contribution is -0.135. The molecule has 0 radical (unpaired) electrons. The van der Waals surface area contributed by atoms with E-state index in [1.165, 1.54) is 12.8 Å². The van der Waals surface area contributed by atoms with Gasteiger partial charge < -0.3 is 10.2 Å². The summed E-state index contributed by atoms with van der Waals surface area (Å²) in [7, 11) is 0. The summed E-state index contributed by atoms with van der Waals surface area (Å²) in [5.41, 5.74) is 0.894. The van der Waals surface area contributed by atoms with Crippen molar-refractivity contribution < 1.29 is 4.79 Å². The lowest BCUT2D eigenvalue weighted by Crippen LogP contribution is -2.43. The van der Waals surface area contributed by atoms with E-state index in [2.05, 4.69) is 15.6 Å². The van der Waals surface area contributed by atoms with E-state index >= 15 is 0 Å². The topological polar surface area (TPSA) is 63.1 Å². The van der Waals surface area contributed by atoms with E-state index in [0.29, 0.717) is 6.04 Å². The van der Waals surface area contributed by atoms with Crippen molar-refractivity contribution in [1.82, 2.24) is 25.2 Å². The summed E-state index contributed by atoms with van der Waals surface area (Å²) < 4.78 is 1.63. The minimum atomic E-state index is 0.0848. The molecule has 0 bridgehead atoms. The average Bonchev–Trinajstić information content (AvgIpc) is 3.06. The predicted octanol–water partition coefficient (Wildman–Crippen LogP) is 1.18. The van der Waals surface area contributed by atoms with Gasteiger partial charge >= 0.3 is 0 Å². The summed E-state index contributed by atoms with van der Waals surface area (Å²) in [4.78, 5) is 14.2. The summed E-state index contributed by atoms with van der Waals surface area (Å²) >= 11 is 0. The zero-order chi connectivity index (χ0) is 14.7. The second kappa shape index (κ2) is 6.35. The molecule has 1 amide bonds. The van der Waals surface area contributed by atoms with Gasteiger partial charge in [0.1, 0.15) is 6.54 Å². The van der Waals surface area contributed by atoms with Crippen LogP contribution >= 0.6 is 0 Å². The second-order valence-electron chi connectivity index (χ2n) is 6.05. The molecule has 1 heterocycles. The number of rotatable bonds is 7. The number of amides is 1. The molecule has 1 N–H and O–H groups in total. The summed E-state index contributed by atoms with van der Waals surface area (Å²) in [6.45, 7) is 9.12. The largest absolute Gasteiger partial charge is 0.336 e. The summed E-state index contributed by atoms with van der Waals surface area (Å²) in [5, 5.41) is 11.5. The van der Waals surface area contributed by atoms with Gasteiger partial charge in [-0.25, -0.2) is 4.68 Å². The van der Waals surface area contributed by atoms with Gasteiger partial charge in [-0.2, -0.15) is 0 Å². The molecule has 0 saturated heterocycles. The Morgan fingerprint density at radius 3 is 2.60 bits per heavy atom. The molecule has 0 unspecified atom stereocenters. The Hall–Kier alpha value is -1.43. The first-order valence-corrected chi connectivity index (χ1v) is 7.41. The lowest BCUT2D eigenvalue weighted by atomic mass is 10.2. The number of aromatic nitrogens is 3. The fourth-order valence-electron chi connectivity index (χ4n) is 2.43. The van der Waals surface area contributed by atoms with E-state index in [0.717, 1.165) is 12.2 Å². The molecule has 6 heteroatoms. The van der Waals surface area contributed by atoms with Gasteiger partial charge in [0, 0.05) is 24.7 Å². The van der Waals surface area contributed by atoms with E-state index < -0.39 is 0 Å². The van der Waals surface area contributed by atoms with E-state index in [9.17, 15) is 4.79 Å². The molecule has 2 rings (SSSR count). The SMILES string of the molecule is CC(C)N(C(=O)Cn1cc(CNC2CC2)nn1)C(C)C. The first-order valence-electron chi connectivity index (χ1n) is 7.41. The van der Waals surface area contributed by atoms with Gasteiger partial charge in [0.15, 0.2) is 0 Å². The molecule has 1 aliphatic carbocycles. The average molecular weight is 279 g/mol. The number of nitrogens with zero attached hydrogens (tertiary/aromatic N) is 4. The molecule has 1 saturated carbocycles. The summed E-state index contributed by atoms with van der Waals surface area (Å²) in [5.74, 6) is 0.0848. The Bertz CT molecular complexity index is 442. The maximum atomic E-state index is 12.3. The highest BCUT2D eigenvalue weighted by Crippen LogP contribution is 2.18. The highest BCUT2D eigenvalue weighted by Gasteiger charge is 2.22. The van der Waals surface area contributed by atoms with Crippen molar-refractivity contribution in [3.63, 3.8) is 0 Å². The van der Waals surface area contributed by atoms with Gasteiger partial charge in [-0.15, -0.1) is 5.10 Å². The molecule has 1 fully saturated rings. The van der Waals surface area contributed by atoms with E-state index in [1.807, 2.05) is 38.8 Å². The van der Waals surface area contributed by atoms with E-state index in [4.69, 9.17) is 0 Å². The van der Waals surface area contributed by atoms with Crippen LogP contribution in [-0.2, 0) is 17.9 Å². The molecular weight excluding hydrogens is 254 g/mol. The van der Waals surface area contributed by atoms with Crippen LogP contribution in [0, 0.1) is 0 Å². The van der Waals surface area contributed by atoms with Crippen LogP contribution in [0.25, 0.3) is 0 Å². The standard InChI is InChI=1S/C14H25N5O/c1-10(2)19(11(3)4)14(20)9-18-8-13(16-17-18)7-15-12-5-6-12/h8,10-12,15H,5-7,9H2,1-4H3. The number of hydrogen-bond donors (Lipinski definition) is 1. The van der Waals surface area contributed by atoms with Crippen LogP contribution in [0.3, 0.4) is 0 Å².